The number of rotatable bonds is 5. The van der Waals surface area contributed by atoms with Gasteiger partial charge in [0.25, 0.3) is 0 Å². The van der Waals surface area contributed by atoms with Gasteiger partial charge in [-0.15, -0.1) is 11.3 Å². The van der Waals surface area contributed by atoms with Crippen molar-refractivity contribution in [2.24, 2.45) is 0 Å². The van der Waals surface area contributed by atoms with Crippen LogP contribution < -0.4 is 0 Å². The summed E-state index contributed by atoms with van der Waals surface area (Å²) in [4.78, 5) is 15.4. The lowest BCUT2D eigenvalue weighted by molar-refractivity contribution is 0.794. The van der Waals surface area contributed by atoms with Gasteiger partial charge < -0.3 is 0 Å². The minimum absolute atomic E-state index is 0.383. The van der Waals surface area contributed by atoms with Gasteiger partial charge >= 0.3 is 0 Å². The van der Waals surface area contributed by atoms with Gasteiger partial charge in [0.15, 0.2) is 17.5 Å². The van der Waals surface area contributed by atoms with E-state index in [0.29, 0.717) is 17.5 Å². The summed E-state index contributed by atoms with van der Waals surface area (Å²) in [5, 5.41) is 2.57. The summed E-state index contributed by atoms with van der Waals surface area (Å²) in [5.41, 5.74) is 17.7. The van der Waals surface area contributed by atoms with Gasteiger partial charge in [-0.3, -0.25) is 0 Å². The first-order valence-electron chi connectivity index (χ1n) is 21.1. The van der Waals surface area contributed by atoms with Crippen LogP contribution in [0.2, 0.25) is 0 Å². The van der Waals surface area contributed by atoms with Gasteiger partial charge in [-0.25, -0.2) is 15.0 Å². The number of aromatic nitrogens is 3. The molecule has 9 aromatic carbocycles. The van der Waals surface area contributed by atoms with E-state index in [0.717, 1.165) is 27.8 Å². The molecule has 0 amide bonds. The summed E-state index contributed by atoms with van der Waals surface area (Å²) in [5.74, 6) is 1.92. The van der Waals surface area contributed by atoms with Crippen LogP contribution >= 0.6 is 11.3 Å². The Kier molecular flexibility index (Phi) is 7.69. The van der Waals surface area contributed by atoms with Crippen LogP contribution in [-0.2, 0) is 5.41 Å². The standard InChI is InChI=1S/C58H35N3S/c1-2-14-37(15-3-1)55-59-56(61-57(60-55)41-17-12-16-40(34-41)42-22-13-27-53-54(42)47-21-7-11-26-52(47)62-53)38-30-28-36(29-31-38)39-32-33-46-45-20-6-10-25-50(45)58(51(46)35-39)48-23-8-4-18-43(48)44-19-5-9-24-49(44)58/h1-35H. The zero-order chi connectivity index (χ0) is 40.8. The Hall–Kier alpha value is -7.79. The second-order valence-electron chi connectivity index (χ2n) is 16.3. The van der Waals surface area contributed by atoms with Crippen molar-refractivity contribution in [1.29, 1.82) is 0 Å². The van der Waals surface area contributed by atoms with Crippen LogP contribution in [0.5, 0.6) is 0 Å². The third-order valence-corrected chi connectivity index (χ3v) is 14.1. The van der Waals surface area contributed by atoms with E-state index in [9.17, 15) is 0 Å². The third-order valence-electron chi connectivity index (χ3n) is 13.0. The highest BCUT2D eigenvalue weighted by Gasteiger charge is 2.51. The highest BCUT2D eigenvalue weighted by atomic mass is 32.1. The quantitative estimate of drug-likeness (QED) is 0.174. The molecule has 0 atom stereocenters. The predicted octanol–water partition coefficient (Wildman–Crippen LogP) is 14.9. The van der Waals surface area contributed by atoms with Gasteiger partial charge in [-0.2, -0.15) is 0 Å². The van der Waals surface area contributed by atoms with E-state index in [1.165, 1.54) is 75.8 Å². The topological polar surface area (TPSA) is 38.7 Å². The lowest BCUT2D eigenvalue weighted by Gasteiger charge is -2.30. The summed E-state index contributed by atoms with van der Waals surface area (Å²) < 4.78 is 2.58. The zero-order valence-electron chi connectivity index (χ0n) is 33.5. The van der Waals surface area contributed by atoms with Crippen molar-refractivity contribution in [3.05, 3.63) is 235 Å². The van der Waals surface area contributed by atoms with Gasteiger partial charge in [0.1, 0.15) is 0 Å². The van der Waals surface area contributed by atoms with E-state index < -0.39 is 0 Å². The average Bonchev–Trinajstić information content (AvgIpc) is 3.98. The van der Waals surface area contributed by atoms with E-state index in [1.807, 2.05) is 29.5 Å². The Morgan fingerprint density at radius 2 is 0.758 bits per heavy atom. The maximum absolute atomic E-state index is 5.18. The first kappa shape index (κ1) is 35.0. The predicted molar refractivity (Wildman–Crippen MR) is 256 cm³/mol. The number of thiophene rings is 1. The number of hydrogen-bond acceptors (Lipinski definition) is 4. The molecular weight excluding hydrogens is 771 g/mol. The molecule has 1 spiro atoms. The molecule has 0 fully saturated rings. The summed E-state index contributed by atoms with van der Waals surface area (Å²) in [6, 6.07) is 76.8. The van der Waals surface area contributed by atoms with Gasteiger partial charge in [-0.1, -0.05) is 188 Å². The van der Waals surface area contributed by atoms with Gasteiger partial charge in [0, 0.05) is 36.9 Å². The molecule has 0 saturated heterocycles. The Morgan fingerprint density at radius 3 is 1.45 bits per heavy atom. The Labute approximate surface area is 363 Å². The maximum atomic E-state index is 5.18. The normalized spacial score (nSPS) is 13.0. The molecule has 288 valence electrons. The average molecular weight is 806 g/mol. The van der Waals surface area contributed by atoms with E-state index >= 15 is 0 Å². The molecule has 0 N–H and O–H groups in total. The van der Waals surface area contributed by atoms with Crippen LogP contribution in [0.1, 0.15) is 22.3 Å². The molecule has 2 heterocycles. The minimum Gasteiger partial charge on any atom is -0.208 e. The van der Waals surface area contributed by atoms with Crippen molar-refractivity contribution in [2.75, 3.05) is 0 Å². The fraction of sp³-hybridized carbons (Fsp3) is 0.0172. The molecule has 2 aliphatic rings. The molecule has 4 heteroatoms. The SMILES string of the molecule is c1ccc(-c2nc(-c3ccc(-c4ccc5c(c4)C4(c6ccccc6-c6ccccc64)c4ccccc4-5)cc3)nc(-c3cccc(-c4cccc5sc6ccccc6c45)c3)n2)cc1. The van der Waals surface area contributed by atoms with Crippen molar-refractivity contribution in [2.45, 2.75) is 5.41 Å². The lowest BCUT2D eigenvalue weighted by Crippen LogP contribution is -2.25. The molecule has 0 bridgehead atoms. The second-order valence-corrected chi connectivity index (χ2v) is 17.3. The van der Waals surface area contributed by atoms with Crippen LogP contribution in [0.25, 0.3) is 98.8 Å². The smallest absolute Gasteiger partial charge is 0.164 e. The molecule has 3 nitrogen and oxygen atoms in total. The number of nitrogens with zero attached hydrogens (tertiary/aromatic N) is 3. The van der Waals surface area contributed by atoms with Gasteiger partial charge in [-0.05, 0) is 91.0 Å². The Bertz CT molecular complexity index is 3520. The van der Waals surface area contributed by atoms with Crippen LogP contribution in [-0.4, -0.2) is 15.0 Å². The van der Waals surface area contributed by atoms with Gasteiger partial charge in [0.2, 0.25) is 0 Å². The van der Waals surface area contributed by atoms with E-state index in [2.05, 4.69) is 194 Å². The summed E-state index contributed by atoms with van der Waals surface area (Å²) in [6.45, 7) is 0. The molecule has 0 radical (unpaired) electrons. The number of benzene rings is 9. The summed E-state index contributed by atoms with van der Waals surface area (Å²) in [7, 11) is 0. The molecule has 13 rings (SSSR count). The monoisotopic (exact) mass is 805 g/mol. The second kappa shape index (κ2) is 13.6. The minimum atomic E-state index is -0.383. The largest absolute Gasteiger partial charge is 0.208 e. The number of hydrogen-bond donors (Lipinski definition) is 0. The van der Waals surface area contributed by atoms with E-state index in [4.69, 9.17) is 15.0 Å². The molecular formula is C58H35N3S. The first-order valence-corrected chi connectivity index (χ1v) is 21.9. The van der Waals surface area contributed by atoms with Crippen LogP contribution in [0.4, 0.5) is 0 Å². The Balaban J connectivity index is 0.916. The van der Waals surface area contributed by atoms with Gasteiger partial charge in [0.05, 0.1) is 5.41 Å². The molecule has 62 heavy (non-hydrogen) atoms. The zero-order valence-corrected chi connectivity index (χ0v) is 34.3. The number of fused-ring (bicyclic) bond motifs is 13. The van der Waals surface area contributed by atoms with Crippen molar-refractivity contribution < 1.29 is 0 Å². The third kappa shape index (κ3) is 5.14. The molecule has 2 aromatic heterocycles. The summed E-state index contributed by atoms with van der Waals surface area (Å²) >= 11 is 1.84. The van der Waals surface area contributed by atoms with Crippen LogP contribution in [0, 0.1) is 0 Å². The van der Waals surface area contributed by atoms with Crippen molar-refractivity contribution >= 4 is 31.5 Å². The lowest BCUT2D eigenvalue weighted by atomic mass is 9.70. The molecule has 0 saturated carbocycles. The molecule has 2 aliphatic carbocycles. The molecule has 0 unspecified atom stereocenters. The van der Waals surface area contributed by atoms with Crippen LogP contribution in [0.3, 0.4) is 0 Å². The molecule has 11 aromatic rings. The van der Waals surface area contributed by atoms with Crippen molar-refractivity contribution in [3.8, 4) is 78.7 Å². The van der Waals surface area contributed by atoms with Crippen LogP contribution in [0.15, 0.2) is 212 Å². The summed E-state index contributed by atoms with van der Waals surface area (Å²) in [6.07, 6.45) is 0. The fourth-order valence-corrected chi connectivity index (χ4v) is 11.4. The van der Waals surface area contributed by atoms with E-state index in [1.54, 1.807) is 0 Å². The first-order chi connectivity index (χ1) is 30.7. The molecule has 0 aliphatic heterocycles. The highest BCUT2D eigenvalue weighted by Crippen LogP contribution is 2.63. The van der Waals surface area contributed by atoms with E-state index in [-0.39, 0.29) is 5.41 Å². The Morgan fingerprint density at radius 1 is 0.290 bits per heavy atom. The highest BCUT2D eigenvalue weighted by molar-refractivity contribution is 7.25. The van der Waals surface area contributed by atoms with Crippen molar-refractivity contribution in [1.82, 2.24) is 15.0 Å². The maximum Gasteiger partial charge on any atom is 0.164 e. The van der Waals surface area contributed by atoms with Crippen molar-refractivity contribution in [3.63, 3.8) is 0 Å². The fourth-order valence-electron chi connectivity index (χ4n) is 10.3.